The minimum Gasteiger partial charge on any atom is -0.480 e. The number of carbonyl (C=O) groups excluding carboxylic acids is 2. The highest BCUT2D eigenvalue weighted by atomic mass is 16.4. The van der Waals surface area contributed by atoms with E-state index in [0.29, 0.717) is 25.3 Å². The SMILES string of the molecule is CC(C)CCC(=O)NCC(=O)N1CCCC[C@@H]1C(=O)O. The molecule has 114 valence electrons. The van der Waals surface area contributed by atoms with Gasteiger partial charge in [-0.15, -0.1) is 0 Å². The lowest BCUT2D eigenvalue weighted by molar-refractivity contribution is -0.151. The number of likely N-dealkylation sites (tertiary alicyclic amines) is 1. The largest absolute Gasteiger partial charge is 0.480 e. The summed E-state index contributed by atoms with van der Waals surface area (Å²) in [5, 5.41) is 11.7. The summed E-state index contributed by atoms with van der Waals surface area (Å²) in [4.78, 5) is 36.0. The van der Waals surface area contributed by atoms with Crippen LogP contribution in [0.15, 0.2) is 0 Å². The van der Waals surface area contributed by atoms with Crippen molar-refractivity contribution in [3.63, 3.8) is 0 Å². The number of hydrogen-bond donors (Lipinski definition) is 2. The maximum absolute atomic E-state index is 12.0. The molecule has 0 aromatic rings. The van der Waals surface area contributed by atoms with Crippen LogP contribution < -0.4 is 5.32 Å². The maximum atomic E-state index is 12.0. The molecule has 0 aliphatic carbocycles. The molecule has 20 heavy (non-hydrogen) atoms. The number of nitrogens with zero attached hydrogens (tertiary/aromatic N) is 1. The summed E-state index contributed by atoms with van der Waals surface area (Å²) in [6.07, 6.45) is 3.30. The lowest BCUT2D eigenvalue weighted by atomic mass is 10.0. The molecule has 2 amide bonds. The van der Waals surface area contributed by atoms with Crippen molar-refractivity contribution in [1.82, 2.24) is 10.2 Å². The van der Waals surface area contributed by atoms with Gasteiger partial charge in [0.2, 0.25) is 11.8 Å². The molecule has 2 N–H and O–H groups in total. The standard InChI is InChI=1S/C14H24N2O4/c1-10(2)6-7-12(17)15-9-13(18)16-8-4-3-5-11(16)14(19)20/h10-11H,3-9H2,1-2H3,(H,15,17)(H,19,20)/t11-/m1/s1. The van der Waals surface area contributed by atoms with Gasteiger partial charge in [0.1, 0.15) is 6.04 Å². The van der Waals surface area contributed by atoms with Crippen LogP contribution in [0.3, 0.4) is 0 Å². The first kappa shape index (κ1) is 16.5. The number of aliphatic carboxylic acids is 1. The summed E-state index contributed by atoms with van der Waals surface area (Å²) in [6, 6.07) is -0.746. The van der Waals surface area contributed by atoms with Crippen molar-refractivity contribution in [2.45, 2.75) is 52.0 Å². The molecule has 1 heterocycles. The Morgan fingerprint density at radius 1 is 1.30 bits per heavy atom. The van der Waals surface area contributed by atoms with Crippen molar-refractivity contribution < 1.29 is 19.5 Å². The Morgan fingerprint density at radius 2 is 2.00 bits per heavy atom. The summed E-state index contributed by atoms with van der Waals surface area (Å²) >= 11 is 0. The van der Waals surface area contributed by atoms with E-state index in [4.69, 9.17) is 5.11 Å². The number of piperidine rings is 1. The predicted octanol–water partition coefficient (Wildman–Crippen LogP) is 1.00. The van der Waals surface area contributed by atoms with Gasteiger partial charge >= 0.3 is 5.97 Å². The molecule has 0 aromatic carbocycles. The van der Waals surface area contributed by atoms with E-state index in [1.807, 2.05) is 13.8 Å². The molecule has 0 unspecified atom stereocenters. The average Bonchev–Trinajstić information content (AvgIpc) is 2.42. The number of carboxylic acid groups (broad SMARTS) is 1. The van der Waals surface area contributed by atoms with Gasteiger partial charge in [-0.25, -0.2) is 4.79 Å². The van der Waals surface area contributed by atoms with E-state index in [9.17, 15) is 14.4 Å². The first-order valence-electron chi connectivity index (χ1n) is 7.20. The second-order valence-corrected chi connectivity index (χ2v) is 5.65. The molecule has 1 aliphatic rings. The maximum Gasteiger partial charge on any atom is 0.326 e. The van der Waals surface area contributed by atoms with Crippen molar-refractivity contribution in [2.24, 2.45) is 5.92 Å². The van der Waals surface area contributed by atoms with E-state index < -0.39 is 12.0 Å². The average molecular weight is 284 g/mol. The molecular weight excluding hydrogens is 260 g/mol. The molecule has 6 heteroatoms. The molecule has 0 saturated carbocycles. The molecular formula is C14H24N2O4. The fourth-order valence-corrected chi connectivity index (χ4v) is 2.27. The Balaban J connectivity index is 2.40. The van der Waals surface area contributed by atoms with Gasteiger partial charge in [0.05, 0.1) is 6.54 Å². The molecule has 0 aromatic heterocycles. The number of carbonyl (C=O) groups is 3. The van der Waals surface area contributed by atoms with Gasteiger partial charge in [0.25, 0.3) is 0 Å². The molecule has 0 spiro atoms. The second-order valence-electron chi connectivity index (χ2n) is 5.65. The number of hydrogen-bond acceptors (Lipinski definition) is 3. The van der Waals surface area contributed by atoms with Crippen LogP contribution in [-0.4, -0.2) is 46.9 Å². The van der Waals surface area contributed by atoms with E-state index >= 15 is 0 Å². The van der Waals surface area contributed by atoms with Gasteiger partial charge in [-0.2, -0.15) is 0 Å². The summed E-state index contributed by atoms with van der Waals surface area (Å²) in [5.74, 6) is -0.995. The number of carboxylic acids is 1. The third-order valence-electron chi connectivity index (χ3n) is 3.49. The Morgan fingerprint density at radius 3 is 2.60 bits per heavy atom. The van der Waals surface area contributed by atoms with Crippen LogP contribution in [0.4, 0.5) is 0 Å². The molecule has 1 fully saturated rings. The summed E-state index contributed by atoms with van der Waals surface area (Å²) in [5.41, 5.74) is 0. The smallest absolute Gasteiger partial charge is 0.326 e. The van der Waals surface area contributed by atoms with Gasteiger partial charge in [-0.05, 0) is 31.6 Å². The number of nitrogens with one attached hydrogen (secondary N) is 1. The molecule has 1 aliphatic heterocycles. The third-order valence-corrected chi connectivity index (χ3v) is 3.49. The van der Waals surface area contributed by atoms with E-state index in [1.54, 1.807) is 0 Å². The molecule has 0 radical (unpaired) electrons. The van der Waals surface area contributed by atoms with Crippen molar-refractivity contribution in [3.05, 3.63) is 0 Å². The fraction of sp³-hybridized carbons (Fsp3) is 0.786. The lowest BCUT2D eigenvalue weighted by Crippen LogP contribution is -2.51. The minimum absolute atomic E-state index is 0.110. The van der Waals surface area contributed by atoms with E-state index in [0.717, 1.165) is 19.3 Å². The monoisotopic (exact) mass is 284 g/mol. The third kappa shape index (κ3) is 5.19. The summed E-state index contributed by atoms with van der Waals surface area (Å²) in [6.45, 7) is 4.41. The Hall–Kier alpha value is -1.59. The zero-order chi connectivity index (χ0) is 15.1. The van der Waals surface area contributed by atoms with Gasteiger partial charge in [-0.3, -0.25) is 9.59 Å². The van der Waals surface area contributed by atoms with Crippen LogP contribution in [0.1, 0.15) is 46.0 Å². The molecule has 1 saturated heterocycles. The quantitative estimate of drug-likeness (QED) is 0.762. The molecule has 0 bridgehead atoms. The van der Waals surface area contributed by atoms with Crippen LogP contribution in [0.5, 0.6) is 0 Å². The molecule has 1 rings (SSSR count). The number of rotatable bonds is 6. The normalized spacial score (nSPS) is 18.9. The highest BCUT2D eigenvalue weighted by Gasteiger charge is 2.31. The van der Waals surface area contributed by atoms with E-state index in [2.05, 4.69) is 5.32 Å². The topological polar surface area (TPSA) is 86.7 Å². The minimum atomic E-state index is -0.968. The van der Waals surface area contributed by atoms with Crippen molar-refractivity contribution in [3.8, 4) is 0 Å². The first-order chi connectivity index (χ1) is 9.41. The Bertz CT molecular complexity index is 368. The van der Waals surface area contributed by atoms with E-state index in [1.165, 1.54) is 4.90 Å². The highest BCUT2D eigenvalue weighted by molar-refractivity contribution is 5.88. The molecule has 6 nitrogen and oxygen atoms in total. The zero-order valence-corrected chi connectivity index (χ0v) is 12.2. The van der Waals surface area contributed by atoms with Crippen LogP contribution in [0.25, 0.3) is 0 Å². The van der Waals surface area contributed by atoms with Crippen molar-refractivity contribution >= 4 is 17.8 Å². The summed E-state index contributed by atoms with van der Waals surface area (Å²) < 4.78 is 0. The first-order valence-corrected chi connectivity index (χ1v) is 7.20. The zero-order valence-electron chi connectivity index (χ0n) is 12.2. The summed E-state index contributed by atoms with van der Waals surface area (Å²) in [7, 11) is 0. The second kappa shape index (κ2) is 7.87. The molecule has 1 atom stereocenters. The van der Waals surface area contributed by atoms with Crippen LogP contribution in [0.2, 0.25) is 0 Å². The van der Waals surface area contributed by atoms with Crippen molar-refractivity contribution in [1.29, 1.82) is 0 Å². The fourth-order valence-electron chi connectivity index (χ4n) is 2.27. The van der Waals surface area contributed by atoms with Gasteiger partial charge in [0.15, 0.2) is 0 Å². The van der Waals surface area contributed by atoms with Gasteiger partial charge < -0.3 is 15.3 Å². The lowest BCUT2D eigenvalue weighted by Gasteiger charge is -2.33. The Kier molecular flexibility index (Phi) is 6.48. The van der Waals surface area contributed by atoms with Crippen molar-refractivity contribution in [2.75, 3.05) is 13.1 Å². The van der Waals surface area contributed by atoms with Gasteiger partial charge in [-0.1, -0.05) is 13.8 Å². The van der Waals surface area contributed by atoms with Crippen LogP contribution >= 0.6 is 0 Å². The van der Waals surface area contributed by atoms with Crippen LogP contribution in [0, 0.1) is 5.92 Å². The number of amides is 2. The predicted molar refractivity (Wildman–Crippen MR) is 74.1 cm³/mol. The van der Waals surface area contributed by atoms with Crippen LogP contribution in [-0.2, 0) is 14.4 Å². The van der Waals surface area contributed by atoms with E-state index in [-0.39, 0.29) is 18.4 Å². The van der Waals surface area contributed by atoms with Gasteiger partial charge in [0, 0.05) is 13.0 Å². The Labute approximate surface area is 119 Å². The highest BCUT2D eigenvalue weighted by Crippen LogP contribution is 2.17.